The molecule has 0 amide bonds. The average Bonchev–Trinajstić information content (AvgIpc) is 2.29. The van der Waals surface area contributed by atoms with Crippen molar-refractivity contribution in [2.45, 2.75) is 81.1 Å². The van der Waals surface area contributed by atoms with Crippen LogP contribution in [0.3, 0.4) is 0 Å². The molecule has 2 heteroatoms. The Labute approximate surface area is 103 Å². The molecule has 0 heterocycles. The van der Waals surface area contributed by atoms with Crippen LogP contribution in [-0.4, -0.2) is 10.00 Å². The Kier molecular flexibility index (Phi) is 4.75. The third kappa shape index (κ3) is 3.89. The van der Waals surface area contributed by atoms with Gasteiger partial charge in [0.2, 0.25) is 0 Å². The maximum Gasteiger partial charge on any atom is 0.0235 e. The van der Waals surface area contributed by atoms with Crippen molar-refractivity contribution in [3.05, 3.63) is 0 Å². The fourth-order valence-electron chi connectivity index (χ4n) is 2.73. The van der Waals surface area contributed by atoms with Gasteiger partial charge >= 0.3 is 0 Å². The van der Waals surface area contributed by atoms with E-state index in [1.54, 1.807) is 0 Å². The predicted octanol–water partition coefficient (Wildman–Crippen LogP) is 5.42. The topological polar surface area (TPSA) is 0 Å². The summed E-state index contributed by atoms with van der Waals surface area (Å²) in [7, 11) is 4.44. The molecule has 0 bridgehead atoms. The second-order valence-electron chi connectivity index (χ2n) is 5.45. The molecule has 0 nitrogen and oxygen atoms in total. The van der Waals surface area contributed by atoms with E-state index in [1.165, 1.54) is 64.2 Å². The monoisotopic (exact) mass is 244 g/mol. The highest BCUT2D eigenvalue weighted by molar-refractivity contribution is 8.77. The lowest BCUT2D eigenvalue weighted by Gasteiger charge is -2.34. The van der Waals surface area contributed by atoms with Crippen LogP contribution in [0.15, 0.2) is 0 Å². The summed E-state index contributed by atoms with van der Waals surface area (Å²) in [6.07, 6.45) is 14.7. The van der Waals surface area contributed by atoms with E-state index in [1.807, 2.05) is 0 Å². The van der Waals surface area contributed by atoms with E-state index in [0.29, 0.717) is 4.75 Å². The first-order chi connectivity index (χ1) is 7.29. The minimum atomic E-state index is 0.611. The van der Waals surface area contributed by atoms with Crippen LogP contribution < -0.4 is 0 Å². The van der Waals surface area contributed by atoms with E-state index in [2.05, 4.69) is 28.5 Å². The minimum absolute atomic E-state index is 0.611. The van der Waals surface area contributed by atoms with Crippen LogP contribution in [-0.2, 0) is 0 Å². The maximum absolute atomic E-state index is 2.49. The fourth-order valence-corrected chi connectivity index (χ4v) is 6.26. The van der Waals surface area contributed by atoms with E-state index in [4.69, 9.17) is 0 Å². The molecule has 0 aliphatic heterocycles. The summed E-state index contributed by atoms with van der Waals surface area (Å²) in [6.45, 7) is 2.49. The Bertz CT molecular complexity index is 179. The molecule has 0 spiro atoms. The van der Waals surface area contributed by atoms with Crippen molar-refractivity contribution in [1.29, 1.82) is 0 Å². The summed E-state index contributed by atoms with van der Waals surface area (Å²) in [5.74, 6) is 0. The molecule has 0 atom stereocenters. The van der Waals surface area contributed by atoms with Gasteiger partial charge in [-0.3, -0.25) is 0 Å². The smallest absolute Gasteiger partial charge is 0.0235 e. The number of hydrogen-bond acceptors (Lipinski definition) is 2. The molecule has 0 saturated heterocycles. The molecule has 0 aromatic carbocycles. The van der Waals surface area contributed by atoms with Crippen molar-refractivity contribution in [3.63, 3.8) is 0 Å². The van der Waals surface area contributed by atoms with Crippen LogP contribution in [0.4, 0.5) is 0 Å². The Morgan fingerprint density at radius 1 is 0.867 bits per heavy atom. The zero-order chi connectivity index (χ0) is 10.6. The van der Waals surface area contributed by atoms with Gasteiger partial charge in [0.05, 0.1) is 0 Å². The minimum Gasteiger partial charge on any atom is -0.0902 e. The first kappa shape index (κ1) is 12.2. The van der Waals surface area contributed by atoms with Crippen LogP contribution in [0, 0.1) is 0 Å². The van der Waals surface area contributed by atoms with Crippen molar-refractivity contribution in [2.24, 2.45) is 0 Å². The lowest BCUT2D eigenvalue weighted by Crippen LogP contribution is -2.23. The highest BCUT2D eigenvalue weighted by Crippen LogP contribution is 2.49. The largest absolute Gasteiger partial charge is 0.0902 e. The normalized spacial score (nSPS) is 27.8. The summed E-state index contributed by atoms with van der Waals surface area (Å²) < 4.78 is 0.611. The fraction of sp³-hybridized carbons (Fsp3) is 1.00. The van der Waals surface area contributed by atoms with E-state index in [9.17, 15) is 0 Å². The van der Waals surface area contributed by atoms with Crippen LogP contribution in [0.2, 0.25) is 0 Å². The van der Waals surface area contributed by atoms with Gasteiger partial charge < -0.3 is 0 Å². The zero-order valence-electron chi connectivity index (χ0n) is 9.96. The van der Waals surface area contributed by atoms with Crippen molar-refractivity contribution in [3.8, 4) is 0 Å². The first-order valence-electron chi connectivity index (χ1n) is 6.63. The quantitative estimate of drug-likeness (QED) is 0.608. The molecule has 2 fully saturated rings. The molecule has 15 heavy (non-hydrogen) atoms. The summed E-state index contributed by atoms with van der Waals surface area (Å²) >= 11 is 0. The highest BCUT2D eigenvalue weighted by Gasteiger charge is 2.29. The molecular formula is C13H24S2. The van der Waals surface area contributed by atoms with Crippen LogP contribution >= 0.6 is 21.6 Å². The van der Waals surface area contributed by atoms with Gasteiger partial charge in [-0.25, -0.2) is 0 Å². The number of rotatable bonds is 3. The van der Waals surface area contributed by atoms with Gasteiger partial charge in [0, 0.05) is 10.00 Å². The van der Waals surface area contributed by atoms with Gasteiger partial charge in [-0.15, -0.1) is 0 Å². The Morgan fingerprint density at radius 2 is 1.47 bits per heavy atom. The van der Waals surface area contributed by atoms with E-state index < -0.39 is 0 Å². The predicted molar refractivity (Wildman–Crippen MR) is 73.5 cm³/mol. The standard InChI is InChI=1S/C13H24S2/c1-13(10-6-3-7-11-13)15-14-12-8-4-2-5-9-12/h12H,2-11H2,1H3. The third-order valence-corrected chi connectivity index (χ3v) is 7.81. The Balaban J connectivity index is 1.70. The van der Waals surface area contributed by atoms with Gasteiger partial charge in [0.1, 0.15) is 0 Å². The highest BCUT2D eigenvalue weighted by atomic mass is 33.1. The van der Waals surface area contributed by atoms with Gasteiger partial charge in [-0.2, -0.15) is 0 Å². The average molecular weight is 244 g/mol. The van der Waals surface area contributed by atoms with E-state index >= 15 is 0 Å². The summed E-state index contributed by atoms with van der Waals surface area (Å²) in [6, 6.07) is 0. The Morgan fingerprint density at radius 3 is 2.13 bits per heavy atom. The van der Waals surface area contributed by atoms with Crippen molar-refractivity contribution in [1.82, 2.24) is 0 Å². The van der Waals surface area contributed by atoms with Crippen LogP contribution in [0.1, 0.15) is 71.1 Å². The van der Waals surface area contributed by atoms with E-state index in [0.717, 1.165) is 5.25 Å². The second kappa shape index (κ2) is 5.86. The summed E-state index contributed by atoms with van der Waals surface area (Å²) in [5.41, 5.74) is 0. The molecule has 2 aliphatic rings. The molecule has 0 N–H and O–H groups in total. The van der Waals surface area contributed by atoms with Gasteiger partial charge in [0.15, 0.2) is 0 Å². The molecule has 2 saturated carbocycles. The first-order valence-corrected chi connectivity index (χ1v) is 8.84. The lowest BCUT2D eigenvalue weighted by molar-refractivity contribution is 0.424. The SMILES string of the molecule is CC1(SSC2CCCCC2)CCCCC1. The lowest BCUT2D eigenvalue weighted by atomic mass is 9.90. The van der Waals surface area contributed by atoms with Gasteiger partial charge in [-0.05, 0) is 32.6 Å². The zero-order valence-corrected chi connectivity index (χ0v) is 11.6. The summed E-state index contributed by atoms with van der Waals surface area (Å²) in [5, 5.41) is 0.975. The van der Waals surface area contributed by atoms with Crippen molar-refractivity contribution >= 4 is 21.6 Å². The molecule has 0 aromatic heterocycles. The molecular weight excluding hydrogens is 220 g/mol. The maximum atomic E-state index is 2.49. The van der Waals surface area contributed by atoms with Gasteiger partial charge in [-0.1, -0.05) is 60.1 Å². The third-order valence-electron chi connectivity index (χ3n) is 3.85. The van der Waals surface area contributed by atoms with Crippen molar-refractivity contribution < 1.29 is 0 Å². The number of hydrogen-bond donors (Lipinski definition) is 0. The second-order valence-corrected chi connectivity index (χ2v) is 8.54. The van der Waals surface area contributed by atoms with Crippen LogP contribution in [0.25, 0.3) is 0 Å². The molecule has 2 rings (SSSR count). The summed E-state index contributed by atoms with van der Waals surface area (Å²) in [4.78, 5) is 0. The van der Waals surface area contributed by atoms with E-state index in [-0.39, 0.29) is 0 Å². The molecule has 0 radical (unpaired) electrons. The molecule has 0 aromatic rings. The van der Waals surface area contributed by atoms with Crippen LogP contribution in [0.5, 0.6) is 0 Å². The molecule has 88 valence electrons. The Hall–Kier alpha value is 0.700. The molecule has 2 aliphatic carbocycles. The van der Waals surface area contributed by atoms with Gasteiger partial charge in [0.25, 0.3) is 0 Å². The molecule has 0 unspecified atom stereocenters. The van der Waals surface area contributed by atoms with Crippen molar-refractivity contribution in [2.75, 3.05) is 0 Å².